The van der Waals surface area contributed by atoms with E-state index in [0.29, 0.717) is 39.2 Å². The van der Waals surface area contributed by atoms with Crippen LogP contribution in [0.5, 0.6) is 0 Å². The number of sulfonamides is 2. The lowest BCUT2D eigenvalue weighted by Gasteiger charge is -2.42. The van der Waals surface area contributed by atoms with Crippen molar-refractivity contribution in [2.75, 3.05) is 46.2 Å². The number of ether oxygens (including phenoxy) is 1. The van der Waals surface area contributed by atoms with Gasteiger partial charge in [0, 0.05) is 38.7 Å². The van der Waals surface area contributed by atoms with Gasteiger partial charge in [0.05, 0.1) is 17.8 Å². The van der Waals surface area contributed by atoms with E-state index in [9.17, 15) is 16.8 Å². The average Bonchev–Trinajstić information content (AvgIpc) is 2.95. The Balaban J connectivity index is 1.87. The van der Waals surface area contributed by atoms with E-state index >= 15 is 0 Å². The number of piperidine rings is 1. The Morgan fingerprint density at radius 3 is 2.36 bits per heavy atom. The van der Waals surface area contributed by atoms with Crippen LogP contribution in [0.25, 0.3) is 0 Å². The van der Waals surface area contributed by atoms with Crippen molar-refractivity contribution in [3.63, 3.8) is 0 Å². The normalized spacial score (nSPS) is 28.8. The predicted octanol–water partition coefficient (Wildman–Crippen LogP) is 0.605. The first kappa shape index (κ1) is 18.8. The van der Waals surface area contributed by atoms with E-state index in [1.165, 1.54) is 14.9 Å². The minimum absolute atomic E-state index is 0.0746. The topological polar surface area (TPSA) is 84.0 Å². The predicted molar refractivity (Wildman–Crippen MR) is 94.0 cm³/mol. The second kappa shape index (κ2) is 6.62. The van der Waals surface area contributed by atoms with Crippen LogP contribution in [0.15, 0.2) is 35.2 Å². The number of methoxy groups -OCH3 is 1. The molecule has 0 amide bonds. The summed E-state index contributed by atoms with van der Waals surface area (Å²) < 4.78 is 58.0. The molecule has 2 atom stereocenters. The van der Waals surface area contributed by atoms with Gasteiger partial charge >= 0.3 is 0 Å². The Kier molecular flexibility index (Phi) is 4.97. The molecule has 0 radical (unpaired) electrons. The Morgan fingerprint density at radius 2 is 1.76 bits per heavy atom. The molecule has 0 spiro atoms. The van der Waals surface area contributed by atoms with E-state index in [2.05, 4.69) is 0 Å². The van der Waals surface area contributed by atoms with Crippen molar-refractivity contribution in [2.24, 2.45) is 11.3 Å². The molecule has 1 aromatic rings. The van der Waals surface area contributed by atoms with Crippen molar-refractivity contribution in [1.82, 2.24) is 8.61 Å². The summed E-state index contributed by atoms with van der Waals surface area (Å²) in [6.07, 6.45) is 1.78. The fourth-order valence-corrected chi connectivity index (χ4v) is 6.39. The number of hydrogen-bond donors (Lipinski definition) is 0. The summed E-state index contributed by atoms with van der Waals surface area (Å²) in [5.41, 5.74) is -0.319. The van der Waals surface area contributed by atoms with E-state index in [-0.39, 0.29) is 16.2 Å². The van der Waals surface area contributed by atoms with Gasteiger partial charge in [-0.25, -0.2) is 21.1 Å². The van der Waals surface area contributed by atoms with E-state index in [0.717, 1.165) is 0 Å². The second-order valence-corrected chi connectivity index (χ2v) is 10.9. The molecule has 0 aromatic heterocycles. The molecule has 9 heteroatoms. The molecule has 7 nitrogen and oxygen atoms in total. The van der Waals surface area contributed by atoms with Crippen molar-refractivity contribution in [2.45, 2.75) is 11.3 Å². The quantitative estimate of drug-likeness (QED) is 0.738. The van der Waals surface area contributed by atoms with Gasteiger partial charge in [0.2, 0.25) is 20.0 Å². The van der Waals surface area contributed by atoms with Crippen LogP contribution in [0.4, 0.5) is 0 Å². The van der Waals surface area contributed by atoms with Crippen molar-refractivity contribution in [1.29, 1.82) is 0 Å². The molecule has 1 aromatic carbocycles. The molecule has 2 aliphatic rings. The third kappa shape index (κ3) is 3.48. The summed E-state index contributed by atoms with van der Waals surface area (Å²) in [7, 11) is -5.28. The summed E-state index contributed by atoms with van der Waals surface area (Å²) >= 11 is 0. The lowest BCUT2D eigenvalue weighted by Crippen LogP contribution is -2.50. The van der Waals surface area contributed by atoms with E-state index < -0.39 is 20.0 Å². The van der Waals surface area contributed by atoms with Gasteiger partial charge in [0.25, 0.3) is 0 Å². The summed E-state index contributed by atoms with van der Waals surface area (Å²) in [5.74, 6) is -0.0746. The van der Waals surface area contributed by atoms with Crippen molar-refractivity contribution >= 4 is 20.0 Å². The van der Waals surface area contributed by atoms with Crippen LogP contribution in [0, 0.1) is 11.3 Å². The highest BCUT2D eigenvalue weighted by molar-refractivity contribution is 7.89. The van der Waals surface area contributed by atoms with Crippen LogP contribution in [0.2, 0.25) is 0 Å². The van der Waals surface area contributed by atoms with E-state index in [1.807, 2.05) is 0 Å². The molecule has 0 N–H and O–H groups in total. The van der Waals surface area contributed by atoms with Crippen LogP contribution in [0.1, 0.15) is 6.42 Å². The van der Waals surface area contributed by atoms with E-state index in [1.54, 1.807) is 37.4 Å². The lowest BCUT2D eigenvalue weighted by atomic mass is 9.74. The highest BCUT2D eigenvalue weighted by Crippen LogP contribution is 2.44. The number of nitrogens with zero attached hydrogens (tertiary/aromatic N) is 2. The molecule has 0 bridgehead atoms. The van der Waals surface area contributed by atoms with Crippen LogP contribution in [-0.4, -0.2) is 71.6 Å². The molecule has 140 valence electrons. The summed E-state index contributed by atoms with van der Waals surface area (Å²) in [4.78, 5) is 0.271. The molecular weight excluding hydrogens is 364 g/mol. The Morgan fingerprint density at radius 1 is 1.12 bits per heavy atom. The number of rotatable bonds is 5. The maximum atomic E-state index is 12.9. The zero-order valence-corrected chi connectivity index (χ0v) is 16.1. The maximum Gasteiger partial charge on any atom is 0.243 e. The van der Waals surface area contributed by atoms with Gasteiger partial charge in [-0.05, 0) is 24.5 Å². The Bertz CT molecular complexity index is 825. The fraction of sp³-hybridized carbons (Fsp3) is 0.625. The highest BCUT2D eigenvalue weighted by Gasteiger charge is 2.53. The van der Waals surface area contributed by atoms with Gasteiger partial charge in [0.15, 0.2) is 0 Å². The van der Waals surface area contributed by atoms with Gasteiger partial charge in [-0.1, -0.05) is 18.2 Å². The lowest BCUT2D eigenvalue weighted by molar-refractivity contribution is 0.0209. The van der Waals surface area contributed by atoms with Crippen LogP contribution >= 0.6 is 0 Å². The SMILES string of the molecule is COCC12CCN(S(=O)(=O)c3ccccc3)CC1CN(S(C)(=O)=O)C2. The smallest absolute Gasteiger partial charge is 0.243 e. The maximum absolute atomic E-state index is 12.9. The highest BCUT2D eigenvalue weighted by atomic mass is 32.2. The van der Waals surface area contributed by atoms with Crippen molar-refractivity contribution < 1.29 is 21.6 Å². The third-order valence-corrected chi connectivity index (χ3v) is 8.44. The second-order valence-electron chi connectivity index (χ2n) is 6.97. The zero-order valence-electron chi connectivity index (χ0n) is 14.5. The van der Waals surface area contributed by atoms with Gasteiger partial charge < -0.3 is 4.74 Å². The molecular formula is C16H24N2O5S2. The first-order chi connectivity index (χ1) is 11.7. The van der Waals surface area contributed by atoms with Crippen molar-refractivity contribution in [3.8, 4) is 0 Å². The first-order valence-electron chi connectivity index (χ1n) is 8.18. The van der Waals surface area contributed by atoms with E-state index in [4.69, 9.17) is 4.74 Å². The zero-order chi connectivity index (χ0) is 18.3. The molecule has 2 saturated heterocycles. The number of hydrogen-bond acceptors (Lipinski definition) is 5. The number of benzene rings is 1. The molecule has 3 rings (SSSR count). The van der Waals surface area contributed by atoms with Gasteiger partial charge in [-0.2, -0.15) is 4.31 Å². The molecule has 25 heavy (non-hydrogen) atoms. The summed E-state index contributed by atoms with van der Waals surface area (Å²) in [6, 6.07) is 8.35. The monoisotopic (exact) mass is 388 g/mol. The minimum Gasteiger partial charge on any atom is -0.384 e. The average molecular weight is 389 g/mol. The van der Waals surface area contributed by atoms with Crippen LogP contribution in [-0.2, 0) is 24.8 Å². The Hall–Kier alpha value is -1.00. The van der Waals surface area contributed by atoms with Crippen molar-refractivity contribution in [3.05, 3.63) is 30.3 Å². The van der Waals surface area contributed by atoms with Crippen LogP contribution in [0.3, 0.4) is 0 Å². The molecule has 0 saturated carbocycles. The molecule has 2 heterocycles. The van der Waals surface area contributed by atoms with Crippen LogP contribution < -0.4 is 0 Å². The largest absolute Gasteiger partial charge is 0.384 e. The molecule has 2 fully saturated rings. The standard InChI is InChI=1S/C16H24N2O5S2/c1-23-13-16-8-9-17(25(21,22)15-6-4-3-5-7-15)10-14(16)11-18(12-16)24(2,19)20/h3-7,14H,8-13H2,1-2H3. The van der Waals surface area contributed by atoms with Gasteiger partial charge in [-0.15, -0.1) is 0 Å². The molecule has 2 aliphatic heterocycles. The molecule has 0 aliphatic carbocycles. The molecule has 2 unspecified atom stereocenters. The number of fused-ring (bicyclic) bond motifs is 1. The minimum atomic E-state index is -3.57. The fourth-order valence-electron chi connectivity index (χ4n) is 3.94. The summed E-state index contributed by atoms with van der Waals surface area (Å²) in [6.45, 7) is 1.84. The van der Waals surface area contributed by atoms with Gasteiger partial charge in [-0.3, -0.25) is 0 Å². The Labute approximate surface area is 149 Å². The summed E-state index contributed by atoms with van der Waals surface area (Å²) in [5, 5.41) is 0. The first-order valence-corrected chi connectivity index (χ1v) is 11.5. The third-order valence-electron chi connectivity index (χ3n) is 5.35. The van der Waals surface area contributed by atoms with Gasteiger partial charge in [0.1, 0.15) is 0 Å².